The second-order valence-electron chi connectivity index (χ2n) is 6.78. The fourth-order valence-corrected chi connectivity index (χ4v) is 3.36. The molecule has 6 nitrogen and oxygen atoms in total. The zero-order valence-electron chi connectivity index (χ0n) is 15.0. The minimum Gasteiger partial charge on any atom is -0.489 e. The molecule has 142 valence electrons. The van der Waals surface area contributed by atoms with Gasteiger partial charge in [0.1, 0.15) is 12.4 Å². The Bertz CT molecular complexity index is 806. The predicted molar refractivity (Wildman–Crippen MR) is 102 cm³/mol. The van der Waals surface area contributed by atoms with Gasteiger partial charge < -0.3 is 20.1 Å². The van der Waals surface area contributed by atoms with Crippen LogP contribution >= 0.6 is 0 Å². The molecule has 3 heterocycles. The lowest BCUT2D eigenvalue weighted by Gasteiger charge is -2.29. The highest BCUT2D eigenvalue weighted by Gasteiger charge is 2.22. The third kappa shape index (κ3) is 4.74. The number of halogens is 1. The molecule has 1 aliphatic carbocycles. The Balaban J connectivity index is 1.58. The summed E-state index contributed by atoms with van der Waals surface area (Å²) in [6, 6.07) is 7.69. The van der Waals surface area contributed by atoms with Gasteiger partial charge in [0.15, 0.2) is 11.6 Å². The fourth-order valence-electron chi connectivity index (χ4n) is 3.36. The lowest BCUT2D eigenvalue weighted by Crippen LogP contribution is -2.30. The van der Waals surface area contributed by atoms with Gasteiger partial charge in [-0.05, 0) is 43.9 Å². The summed E-state index contributed by atoms with van der Waals surface area (Å²) in [5.74, 6) is 0.851. The van der Waals surface area contributed by atoms with E-state index in [-0.39, 0.29) is 18.0 Å². The number of nitrogens with zero attached hydrogens (tertiary/aromatic N) is 2. The molecular formula is C20H23FN4O2. The Hall–Kier alpha value is -2.67. The Morgan fingerprint density at radius 3 is 2.81 bits per heavy atom. The van der Waals surface area contributed by atoms with E-state index in [4.69, 9.17) is 9.47 Å². The van der Waals surface area contributed by atoms with Gasteiger partial charge in [0.2, 0.25) is 5.95 Å². The maximum Gasteiger partial charge on any atom is 0.229 e. The Morgan fingerprint density at radius 2 is 1.93 bits per heavy atom. The summed E-state index contributed by atoms with van der Waals surface area (Å²) in [7, 11) is 0. The second kappa shape index (κ2) is 8.35. The van der Waals surface area contributed by atoms with Crippen molar-refractivity contribution < 1.29 is 13.9 Å². The molecule has 0 saturated heterocycles. The molecular weight excluding hydrogens is 347 g/mol. The van der Waals surface area contributed by atoms with Crippen molar-refractivity contribution in [1.29, 1.82) is 0 Å². The van der Waals surface area contributed by atoms with E-state index in [0.29, 0.717) is 19.2 Å². The van der Waals surface area contributed by atoms with E-state index in [2.05, 4.69) is 20.6 Å². The molecule has 0 spiro atoms. The van der Waals surface area contributed by atoms with Crippen LogP contribution < -0.4 is 15.4 Å². The highest BCUT2D eigenvalue weighted by Crippen LogP contribution is 2.26. The molecule has 1 saturated carbocycles. The molecule has 2 aromatic rings. The summed E-state index contributed by atoms with van der Waals surface area (Å²) in [4.78, 5) is 8.36. The van der Waals surface area contributed by atoms with Gasteiger partial charge >= 0.3 is 0 Å². The largest absolute Gasteiger partial charge is 0.489 e. The molecule has 1 aromatic heterocycles. The topological polar surface area (TPSA) is 68.3 Å². The molecule has 3 aliphatic rings. The highest BCUT2D eigenvalue weighted by atomic mass is 19.1. The number of rotatable bonds is 0. The van der Waals surface area contributed by atoms with Crippen LogP contribution in [0.3, 0.4) is 0 Å². The smallest absolute Gasteiger partial charge is 0.229 e. The Morgan fingerprint density at radius 1 is 1.07 bits per heavy atom. The number of benzene rings is 1. The number of hydrogen-bond acceptors (Lipinski definition) is 6. The van der Waals surface area contributed by atoms with Crippen molar-refractivity contribution in [3.05, 3.63) is 48.4 Å². The second-order valence-corrected chi connectivity index (χ2v) is 6.78. The van der Waals surface area contributed by atoms with Crippen LogP contribution in [0.5, 0.6) is 5.75 Å². The van der Waals surface area contributed by atoms with Gasteiger partial charge in [0.05, 0.1) is 18.9 Å². The van der Waals surface area contributed by atoms with Crippen molar-refractivity contribution in [1.82, 2.24) is 9.97 Å². The van der Waals surface area contributed by atoms with Gasteiger partial charge in [-0.25, -0.2) is 9.37 Å². The van der Waals surface area contributed by atoms with Gasteiger partial charge in [-0.2, -0.15) is 4.98 Å². The normalized spacial score (nSPS) is 23.9. The van der Waals surface area contributed by atoms with E-state index in [9.17, 15) is 4.39 Å². The summed E-state index contributed by atoms with van der Waals surface area (Å²) in [5, 5.41) is 6.34. The number of ether oxygens (including phenoxy) is 2. The third-order valence-electron chi connectivity index (χ3n) is 4.79. The van der Waals surface area contributed by atoms with Gasteiger partial charge in [-0.3, -0.25) is 0 Å². The molecule has 0 atom stereocenters. The summed E-state index contributed by atoms with van der Waals surface area (Å²) in [6.45, 7) is 1.05. The van der Waals surface area contributed by atoms with Crippen LogP contribution in [0.2, 0.25) is 0 Å². The SMILES string of the molecule is Fc1cnc2nc1NC1CCC(CC1)OC/C=C\COc1cccc(c1)N2. The van der Waals surface area contributed by atoms with E-state index < -0.39 is 5.82 Å². The average Bonchev–Trinajstić information content (AvgIpc) is 2.68. The quantitative estimate of drug-likeness (QED) is 0.682. The molecule has 7 heteroatoms. The Kier molecular flexibility index (Phi) is 5.48. The number of nitrogens with one attached hydrogen (secondary N) is 2. The molecule has 27 heavy (non-hydrogen) atoms. The first kappa shape index (κ1) is 17.7. The van der Waals surface area contributed by atoms with Crippen LogP contribution in [-0.4, -0.2) is 35.3 Å². The van der Waals surface area contributed by atoms with Crippen LogP contribution in [0.4, 0.5) is 21.8 Å². The van der Waals surface area contributed by atoms with Gasteiger partial charge in [0.25, 0.3) is 0 Å². The number of aromatic nitrogens is 2. The van der Waals surface area contributed by atoms with Crippen molar-refractivity contribution in [3.63, 3.8) is 0 Å². The summed E-state index contributed by atoms with van der Waals surface area (Å²) in [6.07, 6.45) is 9.13. The molecule has 0 amide bonds. The molecule has 0 unspecified atom stereocenters. The maximum atomic E-state index is 14.2. The first-order valence-electron chi connectivity index (χ1n) is 9.32. The van der Waals surface area contributed by atoms with E-state index in [1.165, 1.54) is 6.20 Å². The van der Waals surface area contributed by atoms with Crippen molar-refractivity contribution in [2.24, 2.45) is 0 Å². The monoisotopic (exact) mass is 370 g/mol. The van der Waals surface area contributed by atoms with Crippen molar-refractivity contribution >= 4 is 17.5 Å². The molecule has 1 fully saturated rings. The van der Waals surface area contributed by atoms with Crippen molar-refractivity contribution in [3.8, 4) is 5.75 Å². The molecule has 1 aromatic carbocycles. The maximum absolute atomic E-state index is 14.2. The molecule has 6 bridgehead atoms. The zero-order valence-corrected chi connectivity index (χ0v) is 15.0. The van der Waals surface area contributed by atoms with Crippen LogP contribution in [0.1, 0.15) is 25.7 Å². The van der Waals surface area contributed by atoms with Gasteiger partial charge in [0, 0.05) is 17.8 Å². The van der Waals surface area contributed by atoms with Crippen LogP contribution in [0.25, 0.3) is 0 Å². The van der Waals surface area contributed by atoms with Crippen LogP contribution in [0, 0.1) is 5.82 Å². The summed E-state index contributed by atoms with van der Waals surface area (Å²) < 4.78 is 25.8. The van der Waals surface area contributed by atoms with Crippen molar-refractivity contribution in [2.45, 2.75) is 37.8 Å². The molecule has 2 N–H and O–H groups in total. The summed E-state index contributed by atoms with van der Waals surface area (Å²) >= 11 is 0. The first-order valence-corrected chi connectivity index (χ1v) is 9.32. The van der Waals surface area contributed by atoms with Crippen LogP contribution in [0.15, 0.2) is 42.6 Å². The van der Waals surface area contributed by atoms with E-state index in [0.717, 1.165) is 37.1 Å². The number of hydrogen-bond donors (Lipinski definition) is 2. The number of anilines is 3. The lowest BCUT2D eigenvalue weighted by molar-refractivity contribution is 0.0440. The van der Waals surface area contributed by atoms with Crippen LogP contribution in [-0.2, 0) is 4.74 Å². The average molecular weight is 370 g/mol. The predicted octanol–water partition coefficient (Wildman–Crippen LogP) is 4.05. The molecule has 5 rings (SSSR count). The first-order chi connectivity index (χ1) is 13.3. The van der Waals surface area contributed by atoms with Gasteiger partial charge in [-0.1, -0.05) is 12.1 Å². The Labute approximate surface area is 157 Å². The van der Waals surface area contributed by atoms with E-state index >= 15 is 0 Å². The molecule has 2 aliphatic heterocycles. The third-order valence-corrected chi connectivity index (χ3v) is 4.79. The van der Waals surface area contributed by atoms with Gasteiger partial charge in [-0.15, -0.1) is 0 Å². The lowest BCUT2D eigenvalue weighted by atomic mass is 9.93. The molecule has 0 radical (unpaired) electrons. The fraction of sp³-hybridized carbons (Fsp3) is 0.400. The highest BCUT2D eigenvalue weighted by molar-refractivity contribution is 5.57. The van der Waals surface area contributed by atoms with Crippen molar-refractivity contribution in [2.75, 3.05) is 23.8 Å². The summed E-state index contributed by atoms with van der Waals surface area (Å²) in [5.41, 5.74) is 0.777. The zero-order chi connectivity index (χ0) is 18.5. The van der Waals surface area contributed by atoms with E-state index in [1.807, 2.05) is 36.4 Å². The minimum absolute atomic E-state index is 0.188. The standard InChI is InChI=1S/C20H23FN4O2/c21-18-13-22-20-24-15-4-3-5-17(12-15)27-11-2-1-10-26-16-8-6-14(7-9-16)23-19(18)25-20/h1-5,12-14,16H,6-11H2,(H2,22,23,24,25)/b2-1-. The van der Waals surface area contributed by atoms with E-state index in [1.54, 1.807) is 0 Å². The number of fused-ring (bicyclic) bond motifs is 6. The minimum atomic E-state index is -0.449.